The lowest BCUT2D eigenvalue weighted by molar-refractivity contribution is -0.143. The highest BCUT2D eigenvalue weighted by molar-refractivity contribution is 6.21. The number of hydrogen-bond acceptors (Lipinski definition) is 7. The zero-order valence-electron chi connectivity index (χ0n) is 15.3. The summed E-state index contributed by atoms with van der Waals surface area (Å²) in [5.41, 5.74) is 0.291. The summed E-state index contributed by atoms with van der Waals surface area (Å²) in [6, 6.07) is 7.30. The molecular weight excluding hydrogens is 380 g/mol. The second-order valence-electron chi connectivity index (χ2n) is 6.65. The Bertz CT molecular complexity index is 1030. The SMILES string of the molecule is O=C(OCC(=O)N1CCCC1=O)c1ccc2c(c1)C(=O)N(Cc1ccco1)C2=O. The first-order chi connectivity index (χ1) is 14.0. The van der Waals surface area contributed by atoms with E-state index in [-0.39, 0.29) is 29.1 Å². The van der Waals surface area contributed by atoms with Gasteiger partial charge in [-0.2, -0.15) is 0 Å². The van der Waals surface area contributed by atoms with E-state index in [2.05, 4.69) is 0 Å². The van der Waals surface area contributed by atoms with E-state index < -0.39 is 30.3 Å². The van der Waals surface area contributed by atoms with Crippen molar-refractivity contribution < 1.29 is 33.1 Å². The molecule has 1 saturated heterocycles. The van der Waals surface area contributed by atoms with Gasteiger partial charge >= 0.3 is 5.97 Å². The van der Waals surface area contributed by atoms with Crippen LogP contribution >= 0.6 is 0 Å². The summed E-state index contributed by atoms with van der Waals surface area (Å²) in [5, 5.41) is 0. The second-order valence-corrected chi connectivity index (χ2v) is 6.65. The Morgan fingerprint density at radius 2 is 1.86 bits per heavy atom. The summed E-state index contributed by atoms with van der Waals surface area (Å²) >= 11 is 0. The van der Waals surface area contributed by atoms with E-state index in [1.807, 2.05) is 0 Å². The van der Waals surface area contributed by atoms with Crippen LogP contribution in [0.1, 0.15) is 49.7 Å². The molecule has 4 amide bonds. The lowest BCUT2D eigenvalue weighted by atomic mass is 10.1. The number of amides is 4. The van der Waals surface area contributed by atoms with Crippen LogP contribution in [0.15, 0.2) is 41.0 Å². The van der Waals surface area contributed by atoms with Crippen LogP contribution in [-0.4, -0.2) is 52.5 Å². The molecule has 0 unspecified atom stereocenters. The fourth-order valence-electron chi connectivity index (χ4n) is 3.32. The number of imide groups is 2. The molecule has 148 valence electrons. The van der Waals surface area contributed by atoms with Crippen molar-refractivity contribution in [1.82, 2.24) is 9.80 Å². The van der Waals surface area contributed by atoms with Crippen LogP contribution in [0.2, 0.25) is 0 Å². The number of carbonyl (C=O) groups excluding carboxylic acids is 5. The van der Waals surface area contributed by atoms with Crippen LogP contribution in [0.3, 0.4) is 0 Å². The minimum absolute atomic E-state index is 0.0164. The topological polar surface area (TPSA) is 114 Å². The number of hydrogen-bond donors (Lipinski definition) is 0. The first kappa shape index (κ1) is 18.6. The number of rotatable bonds is 5. The molecule has 0 spiro atoms. The quantitative estimate of drug-likeness (QED) is 0.554. The van der Waals surface area contributed by atoms with Gasteiger partial charge in [-0.05, 0) is 36.8 Å². The average Bonchev–Trinajstić information content (AvgIpc) is 3.44. The molecule has 0 atom stereocenters. The highest BCUT2D eigenvalue weighted by Crippen LogP contribution is 2.26. The predicted octanol–water partition coefficient (Wildman–Crippen LogP) is 1.38. The zero-order valence-corrected chi connectivity index (χ0v) is 15.3. The average molecular weight is 396 g/mol. The Morgan fingerprint density at radius 1 is 1.07 bits per heavy atom. The number of likely N-dealkylation sites (tertiary alicyclic amines) is 1. The largest absolute Gasteiger partial charge is 0.467 e. The highest BCUT2D eigenvalue weighted by Gasteiger charge is 2.36. The van der Waals surface area contributed by atoms with Crippen molar-refractivity contribution >= 4 is 29.6 Å². The molecule has 29 heavy (non-hydrogen) atoms. The lowest BCUT2D eigenvalue weighted by Gasteiger charge is -2.13. The van der Waals surface area contributed by atoms with Gasteiger partial charge in [0.1, 0.15) is 5.76 Å². The third kappa shape index (κ3) is 3.42. The number of benzene rings is 1. The van der Waals surface area contributed by atoms with Crippen LogP contribution < -0.4 is 0 Å². The molecule has 1 fully saturated rings. The van der Waals surface area contributed by atoms with E-state index in [0.29, 0.717) is 25.1 Å². The van der Waals surface area contributed by atoms with Crippen molar-refractivity contribution in [3.8, 4) is 0 Å². The Balaban J connectivity index is 1.45. The Morgan fingerprint density at radius 3 is 2.55 bits per heavy atom. The monoisotopic (exact) mass is 396 g/mol. The van der Waals surface area contributed by atoms with Crippen molar-refractivity contribution in [2.45, 2.75) is 19.4 Å². The molecule has 9 heteroatoms. The molecular formula is C20H16N2O7. The van der Waals surface area contributed by atoms with Gasteiger partial charge in [0.2, 0.25) is 5.91 Å². The summed E-state index contributed by atoms with van der Waals surface area (Å²) < 4.78 is 10.2. The van der Waals surface area contributed by atoms with E-state index in [0.717, 1.165) is 9.80 Å². The van der Waals surface area contributed by atoms with Crippen molar-refractivity contribution in [3.63, 3.8) is 0 Å². The first-order valence-corrected chi connectivity index (χ1v) is 8.98. The van der Waals surface area contributed by atoms with Crippen molar-refractivity contribution in [1.29, 1.82) is 0 Å². The first-order valence-electron chi connectivity index (χ1n) is 8.98. The van der Waals surface area contributed by atoms with Crippen molar-refractivity contribution in [3.05, 3.63) is 59.0 Å². The van der Waals surface area contributed by atoms with E-state index in [1.165, 1.54) is 24.5 Å². The minimum atomic E-state index is -0.822. The van der Waals surface area contributed by atoms with Crippen LogP contribution in [0.25, 0.3) is 0 Å². The van der Waals surface area contributed by atoms with Crippen molar-refractivity contribution in [2.24, 2.45) is 0 Å². The third-order valence-corrected chi connectivity index (χ3v) is 4.80. The molecule has 0 bridgehead atoms. The molecule has 1 aromatic heterocycles. The summed E-state index contributed by atoms with van der Waals surface area (Å²) in [6.45, 7) is -0.271. The predicted molar refractivity (Wildman–Crippen MR) is 95.6 cm³/mol. The number of furan rings is 1. The normalized spacial score (nSPS) is 15.8. The number of esters is 1. The minimum Gasteiger partial charge on any atom is -0.467 e. The molecule has 0 aliphatic carbocycles. The zero-order chi connectivity index (χ0) is 20.5. The van der Waals surface area contributed by atoms with Gasteiger partial charge in [0.05, 0.1) is 29.5 Å². The summed E-state index contributed by atoms with van der Waals surface area (Å²) in [4.78, 5) is 63.0. The Kier molecular flexibility index (Phi) is 4.71. The fourth-order valence-corrected chi connectivity index (χ4v) is 3.32. The van der Waals surface area contributed by atoms with Crippen LogP contribution in [0.5, 0.6) is 0 Å². The summed E-state index contributed by atoms with van der Waals surface area (Å²) in [5.74, 6) is -2.27. The number of ether oxygens (including phenoxy) is 1. The van der Waals surface area contributed by atoms with E-state index in [9.17, 15) is 24.0 Å². The smallest absolute Gasteiger partial charge is 0.338 e. The third-order valence-electron chi connectivity index (χ3n) is 4.80. The fraction of sp³-hybridized carbons (Fsp3) is 0.250. The summed E-state index contributed by atoms with van der Waals surface area (Å²) in [7, 11) is 0. The standard InChI is InChI=1S/C20H16N2O7/c23-16-4-1-7-21(16)17(24)11-29-20(27)12-5-6-14-15(9-12)19(26)22(18(14)25)10-13-3-2-8-28-13/h2-3,5-6,8-9H,1,4,7,10-11H2. The Hall–Kier alpha value is -3.75. The maximum atomic E-state index is 12.6. The molecule has 0 radical (unpaired) electrons. The molecule has 0 N–H and O–H groups in total. The molecule has 0 saturated carbocycles. The molecule has 4 rings (SSSR count). The number of carbonyl (C=O) groups is 5. The molecule has 2 aromatic rings. The number of fused-ring (bicyclic) bond motifs is 1. The Labute approximate surface area is 164 Å². The van der Waals surface area contributed by atoms with Crippen LogP contribution in [-0.2, 0) is 20.9 Å². The van der Waals surface area contributed by atoms with E-state index in [1.54, 1.807) is 12.1 Å². The molecule has 1 aromatic carbocycles. The van der Waals surface area contributed by atoms with E-state index in [4.69, 9.17) is 9.15 Å². The van der Waals surface area contributed by atoms with E-state index >= 15 is 0 Å². The van der Waals surface area contributed by atoms with Crippen LogP contribution in [0, 0.1) is 0 Å². The molecule has 2 aliphatic heterocycles. The van der Waals surface area contributed by atoms with Gasteiger partial charge in [0.15, 0.2) is 6.61 Å². The molecule has 9 nitrogen and oxygen atoms in total. The van der Waals surface area contributed by atoms with Crippen LogP contribution in [0.4, 0.5) is 0 Å². The van der Waals surface area contributed by atoms with Gasteiger partial charge in [0.25, 0.3) is 17.7 Å². The molecule has 2 aliphatic rings. The number of nitrogens with zero attached hydrogens (tertiary/aromatic N) is 2. The lowest BCUT2D eigenvalue weighted by Crippen LogP contribution is -2.35. The van der Waals surface area contributed by atoms with Gasteiger partial charge in [-0.15, -0.1) is 0 Å². The van der Waals surface area contributed by atoms with Gasteiger partial charge in [-0.1, -0.05) is 0 Å². The molecule has 3 heterocycles. The highest BCUT2D eigenvalue weighted by atomic mass is 16.5. The summed E-state index contributed by atoms with van der Waals surface area (Å²) in [6.07, 6.45) is 2.34. The van der Waals surface area contributed by atoms with Gasteiger partial charge in [-0.3, -0.25) is 29.0 Å². The van der Waals surface area contributed by atoms with Gasteiger partial charge < -0.3 is 9.15 Å². The van der Waals surface area contributed by atoms with Crippen molar-refractivity contribution in [2.75, 3.05) is 13.2 Å². The second kappa shape index (κ2) is 7.34. The van der Waals surface area contributed by atoms with Gasteiger partial charge in [-0.25, -0.2) is 4.79 Å². The maximum Gasteiger partial charge on any atom is 0.338 e. The maximum absolute atomic E-state index is 12.6. The van der Waals surface area contributed by atoms with Gasteiger partial charge in [0, 0.05) is 13.0 Å².